The van der Waals surface area contributed by atoms with Crippen molar-refractivity contribution in [2.45, 2.75) is 48.3 Å². The second kappa shape index (κ2) is 8.51. The quantitative estimate of drug-likeness (QED) is 0.537. The van der Waals surface area contributed by atoms with Crippen molar-refractivity contribution >= 4 is 30.1 Å². The van der Waals surface area contributed by atoms with Gasteiger partial charge in [0.1, 0.15) is 0 Å². The van der Waals surface area contributed by atoms with Gasteiger partial charge in [-0.3, -0.25) is 0 Å². The van der Waals surface area contributed by atoms with Crippen molar-refractivity contribution in [1.82, 2.24) is 0 Å². The van der Waals surface area contributed by atoms with Crippen molar-refractivity contribution in [3.05, 3.63) is 54.1 Å². The first kappa shape index (κ1) is 18.9. The number of benzene rings is 2. The summed E-state index contributed by atoms with van der Waals surface area (Å²) < 4.78 is 0.194. The molecule has 0 saturated carbocycles. The number of thiol groups is 1. The van der Waals surface area contributed by atoms with Gasteiger partial charge in [0.15, 0.2) is 0 Å². The van der Waals surface area contributed by atoms with Crippen LogP contribution in [0.25, 0.3) is 0 Å². The van der Waals surface area contributed by atoms with Crippen molar-refractivity contribution in [2.75, 3.05) is 5.73 Å². The zero-order valence-corrected chi connectivity index (χ0v) is 15.4. The molecule has 0 spiro atoms. The van der Waals surface area contributed by atoms with Crippen molar-refractivity contribution in [3.8, 4) is 0 Å². The molecule has 0 amide bonds. The molecule has 0 aromatic heterocycles. The Morgan fingerprint density at radius 1 is 1.00 bits per heavy atom. The number of rotatable bonds is 3. The molecule has 22 heavy (non-hydrogen) atoms. The molecule has 0 heterocycles. The molecule has 1 atom stereocenters. The first-order valence-electron chi connectivity index (χ1n) is 7.26. The lowest BCUT2D eigenvalue weighted by molar-refractivity contribution is 0.812. The standard InChI is InChI=1S/C14H16N2S.C4H10S/c1-10(15)11-5-7-13(8-6-11)17-14-4-2-3-12(16)9-14;1-4(2,3)5/h2-10H,15-16H2,1H3;5H,1-3H3. The molecular weight excluding hydrogens is 308 g/mol. The summed E-state index contributed by atoms with van der Waals surface area (Å²) in [5, 5.41) is 0. The number of anilines is 1. The van der Waals surface area contributed by atoms with E-state index in [2.05, 4.69) is 63.7 Å². The average Bonchev–Trinajstić information content (AvgIpc) is 2.37. The van der Waals surface area contributed by atoms with E-state index in [9.17, 15) is 0 Å². The predicted octanol–water partition coefficient (Wildman–Crippen LogP) is 5.15. The summed E-state index contributed by atoms with van der Waals surface area (Å²) in [5.41, 5.74) is 13.5. The summed E-state index contributed by atoms with van der Waals surface area (Å²) in [6, 6.07) is 16.3. The van der Waals surface area contributed by atoms with Crippen LogP contribution in [-0.4, -0.2) is 4.75 Å². The highest BCUT2D eigenvalue weighted by Crippen LogP contribution is 2.29. The highest BCUT2D eigenvalue weighted by molar-refractivity contribution is 7.99. The fourth-order valence-corrected chi connectivity index (χ4v) is 2.44. The minimum Gasteiger partial charge on any atom is -0.399 e. The van der Waals surface area contributed by atoms with Crippen LogP contribution in [-0.2, 0) is 0 Å². The van der Waals surface area contributed by atoms with Crippen LogP contribution in [0, 0.1) is 0 Å². The minimum absolute atomic E-state index is 0.0846. The second-order valence-corrected chi connectivity index (χ2v) is 8.69. The molecule has 2 aromatic rings. The molecule has 4 heteroatoms. The molecule has 0 aliphatic rings. The molecule has 0 fully saturated rings. The van der Waals surface area contributed by atoms with Crippen LogP contribution in [0.4, 0.5) is 5.69 Å². The highest BCUT2D eigenvalue weighted by Gasteiger charge is 2.01. The smallest absolute Gasteiger partial charge is 0.0325 e. The zero-order valence-electron chi connectivity index (χ0n) is 13.7. The van der Waals surface area contributed by atoms with Gasteiger partial charge in [0.25, 0.3) is 0 Å². The SMILES string of the molecule is CC(C)(C)S.CC(N)c1ccc(Sc2cccc(N)c2)cc1. The Morgan fingerprint density at radius 3 is 2.00 bits per heavy atom. The topological polar surface area (TPSA) is 52.0 Å². The average molecular weight is 335 g/mol. The van der Waals surface area contributed by atoms with Crippen LogP contribution in [0.5, 0.6) is 0 Å². The summed E-state index contributed by atoms with van der Waals surface area (Å²) in [5.74, 6) is 0. The van der Waals surface area contributed by atoms with Crippen LogP contribution in [0.3, 0.4) is 0 Å². The minimum atomic E-state index is 0.0846. The van der Waals surface area contributed by atoms with E-state index < -0.39 is 0 Å². The zero-order chi connectivity index (χ0) is 16.8. The van der Waals surface area contributed by atoms with Gasteiger partial charge < -0.3 is 11.5 Å². The summed E-state index contributed by atoms with van der Waals surface area (Å²) >= 11 is 5.82. The summed E-state index contributed by atoms with van der Waals surface area (Å²) in [6.45, 7) is 8.14. The molecule has 0 saturated heterocycles. The Kier molecular flexibility index (Phi) is 7.33. The van der Waals surface area contributed by atoms with E-state index in [1.807, 2.05) is 25.1 Å². The van der Waals surface area contributed by atoms with Crippen molar-refractivity contribution < 1.29 is 0 Å². The predicted molar refractivity (Wildman–Crippen MR) is 103 cm³/mol. The van der Waals surface area contributed by atoms with Crippen molar-refractivity contribution in [1.29, 1.82) is 0 Å². The van der Waals surface area contributed by atoms with Gasteiger partial charge in [-0.15, -0.1) is 0 Å². The summed E-state index contributed by atoms with van der Waals surface area (Å²) in [6.07, 6.45) is 0. The first-order chi connectivity index (χ1) is 10.1. The molecule has 0 aliphatic heterocycles. The lowest BCUT2D eigenvalue weighted by Gasteiger charge is -2.07. The van der Waals surface area contributed by atoms with Gasteiger partial charge in [0.05, 0.1) is 0 Å². The van der Waals surface area contributed by atoms with Crippen LogP contribution >= 0.6 is 24.4 Å². The largest absolute Gasteiger partial charge is 0.399 e. The van der Waals surface area contributed by atoms with E-state index in [0.717, 1.165) is 16.1 Å². The molecule has 2 rings (SSSR count). The Labute approximate surface area is 144 Å². The lowest BCUT2D eigenvalue weighted by Crippen LogP contribution is -2.04. The maximum atomic E-state index is 5.81. The van der Waals surface area contributed by atoms with E-state index in [0.29, 0.717) is 0 Å². The van der Waals surface area contributed by atoms with E-state index in [-0.39, 0.29) is 10.8 Å². The molecular formula is C18H26N2S2. The van der Waals surface area contributed by atoms with E-state index in [4.69, 9.17) is 11.5 Å². The first-order valence-corrected chi connectivity index (χ1v) is 8.53. The van der Waals surface area contributed by atoms with E-state index >= 15 is 0 Å². The Balaban J connectivity index is 0.000000422. The lowest BCUT2D eigenvalue weighted by atomic mass is 10.1. The van der Waals surface area contributed by atoms with Gasteiger partial charge in [-0.25, -0.2) is 0 Å². The third-order valence-electron chi connectivity index (χ3n) is 2.50. The van der Waals surface area contributed by atoms with Crippen molar-refractivity contribution in [2.24, 2.45) is 5.73 Å². The van der Waals surface area contributed by atoms with Gasteiger partial charge in [-0.1, -0.05) is 50.7 Å². The van der Waals surface area contributed by atoms with Gasteiger partial charge >= 0.3 is 0 Å². The fourth-order valence-electron chi connectivity index (χ4n) is 1.55. The van der Waals surface area contributed by atoms with Crippen LogP contribution in [0.15, 0.2) is 58.3 Å². The molecule has 1 unspecified atom stereocenters. The third-order valence-corrected chi connectivity index (χ3v) is 3.50. The molecule has 0 radical (unpaired) electrons. The number of hydrogen-bond donors (Lipinski definition) is 3. The monoisotopic (exact) mass is 334 g/mol. The number of nitrogens with two attached hydrogens (primary N) is 2. The van der Waals surface area contributed by atoms with Crippen LogP contribution in [0.1, 0.15) is 39.3 Å². The van der Waals surface area contributed by atoms with Crippen molar-refractivity contribution in [3.63, 3.8) is 0 Å². The molecule has 120 valence electrons. The van der Waals surface area contributed by atoms with Gasteiger partial charge in [0, 0.05) is 26.3 Å². The summed E-state index contributed by atoms with van der Waals surface area (Å²) in [4.78, 5) is 2.35. The molecule has 0 aliphatic carbocycles. The Hall–Kier alpha value is -1.10. The number of hydrogen-bond acceptors (Lipinski definition) is 4. The van der Waals surface area contributed by atoms with Crippen LogP contribution < -0.4 is 11.5 Å². The summed E-state index contributed by atoms with van der Waals surface area (Å²) in [7, 11) is 0. The fraction of sp³-hybridized carbons (Fsp3) is 0.333. The second-order valence-electron chi connectivity index (χ2n) is 6.20. The molecule has 2 aromatic carbocycles. The third kappa shape index (κ3) is 8.37. The molecule has 2 nitrogen and oxygen atoms in total. The normalized spacial score (nSPS) is 12.3. The van der Waals surface area contributed by atoms with Crippen LogP contribution in [0.2, 0.25) is 0 Å². The maximum absolute atomic E-state index is 5.81. The van der Waals surface area contributed by atoms with E-state index in [1.165, 1.54) is 4.90 Å². The van der Waals surface area contributed by atoms with Gasteiger partial charge in [0.2, 0.25) is 0 Å². The maximum Gasteiger partial charge on any atom is 0.0325 e. The Bertz CT molecular complexity index is 566. The number of nitrogen functional groups attached to an aromatic ring is 1. The Morgan fingerprint density at radius 2 is 1.55 bits per heavy atom. The highest BCUT2D eigenvalue weighted by atomic mass is 32.2. The molecule has 4 N–H and O–H groups in total. The molecule has 0 bridgehead atoms. The van der Waals surface area contributed by atoms with E-state index in [1.54, 1.807) is 11.8 Å². The van der Waals surface area contributed by atoms with Gasteiger partial charge in [-0.05, 0) is 42.8 Å². The van der Waals surface area contributed by atoms with Gasteiger partial charge in [-0.2, -0.15) is 12.6 Å².